The fourth-order valence-electron chi connectivity index (χ4n) is 1.72. The smallest absolute Gasteiger partial charge is 0.201 e. The van der Waals surface area contributed by atoms with Crippen molar-refractivity contribution in [3.63, 3.8) is 0 Å². The first-order chi connectivity index (χ1) is 7.32. The van der Waals surface area contributed by atoms with Crippen LogP contribution in [0.3, 0.4) is 0 Å². The fraction of sp³-hybridized carbons (Fsp3) is 0.364. The van der Waals surface area contributed by atoms with Crippen LogP contribution in [0.25, 0.3) is 0 Å². The number of ketones is 1. The summed E-state index contributed by atoms with van der Waals surface area (Å²) in [4.78, 5) is 11.8. The highest BCUT2D eigenvalue weighted by Gasteiger charge is 2.36. The van der Waals surface area contributed by atoms with Gasteiger partial charge in [-0.05, 0) is 35.8 Å². The van der Waals surface area contributed by atoms with Crippen molar-refractivity contribution in [2.75, 3.05) is 0 Å². The van der Waals surface area contributed by atoms with E-state index in [-0.39, 0.29) is 28.0 Å². The van der Waals surface area contributed by atoms with E-state index in [2.05, 4.69) is 15.9 Å². The molecular formula is C11H9BrF2O2. The predicted molar refractivity (Wildman–Crippen MR) is 57.7 cm³/mol. The Hall–Kier alpha value is -0.970. The van der Waals surface area contributed by atoms with Crippen molar-refractivity contribution in [3.8, 4) is 5.75 Å². The van der Waals surface area contributed by atoms with E-state index in [1.807, 2.05) is 0 Å². The lowest BCUT2D eigenvalue weighted by Gasteiger charge is -2.32. The zero-order valence-corrected chi connectivity index (χ0v) is 10.3. The third kappa shape index (κ3) is 1.73. The molecule has 5 heteroatoms. The van der Waals surface area contributed by atoms with Crippen LogP contribution in [0.1, 0.15) is 30.6 Å². The highest BCUT2D eigenvalue weighted by atomic mass is 79.9. The van der Waals surface area contributed by atoms with Crippen LogP contribution in [-0.2, 0) is 0 Å². The molecule has 1 aromatic carbocycles. The van der Waals surface area contributed by atoms with Gasteiger partial charge < -0.3 is 4.74 Å². The molecule has 0 aliphatic carbocycles. The second-order valence-corrected chi connectivity index (χ2v) is 5.17. The number of carbonyl (C=O) groups is 1. The number of halogens is 3. The Morgan fingerprint density at radius 2 is 2.06 bits per heavy atom. The number of benzene rings is 1. The van der Waals surface area contributed by atoms with Crippen molar-refractivity contribution in [2.24, 2.45) is 0 Å². The molecule has 0 bridgehead atoms. The number of fused-ring (bicyclic) bond motifs is 1. The third-order valence-corrected chi connectivity index (χ3v) is 3.00. The standard InChI is InChI=1S/C11H9BrF2O2/c1-11(2)4-7(15)8-5(12)3-6(13)9(14)10(8)16-11/h3H,4H2,1-2H3. The highest BCUT2D eigenvalue weighted by molar-refractivity contribution is 9.10. The van der Waals surface area contributed by atoms with Gasteiger partial charge in [0.25, 0.3) is 0 Å². The van der Waals surface area contributed by atoms with Crippen LogP contribution in [0.4, 0.5) is 8.78 Å². The number of Topliss-reactive ketones (excluding diaryl/α,β-unsaturated/α-hetero) is 1. The molecular weight excluding hydrogens is 282 g/mol. The first-order valence-corrected chi connectivity index (χ1v) is 5.51. The molecule has 0 fully saturated rings. The van der Waals surface area contributed by atoms with E-state index < -0.39 is 17.2 Å². The van der Waals surface area contributed by atoms with Crippen molar-refractivity contribution in [3.05, 3.63) is 27.7 Å². The van der Waals surface area contributed by atoms with Gasteiger partial charge in [-0.2, -0.15) is 4.39 Å². The minimum absolute atomic E-state index is 0.0817. The Balaban J connectivity index is 2.70. The van der Waals surface area contributed by atoms with Crippen molar-refractivity contribution in [1.82, 2.24) is 0 Å². The monoisotopic (exact) mass is 290 g/mol. The zero-order valence-electron chi connectivity index (χ0n) is 8.73. The number of hydrogen-bond acceptors (Lipinski definition) is 2. The number of ether oxygens (including phenoxy) is 1. The van der Waals surface area contributed by atoms with Gasteiger partial charge in [-0.25, -0.2) is 4.39 Å². The molecule has 0 atom stereocenters. The van der Waals surface area contributed by atoms with Gasteiger partial charge in [0.2, 0.25) is 5.82 Å². The average Bonchev–Trinajstić information content (AvgIpc) is 2.11. The molecule has 0 saturated heterocycles. The molecule has 16 heavy (non-hydrogen) atoms. The summed E-state index contributed by atoms with van der Waals surface area (Å²) in [6.45, 7) is 3.32. The van der Waals surface area contributed by atoms with Crippen molar-refractivity contribution < 1.29 is 18.3 Å². The lowest BCUT2D eigenvalue weighted by molar-refractivity contribution is 0.0586. The molecule has 0 radical (unpaired) electrons. The van der Waals surface area contributed by atoms with E-state index in [1.165, 1.54) is 0 Å². The zero-order chi connectivity index (χ0) is 12.1. The molecule has 0 N–H and O–H groups in total. The summed E-state index contributed by atoms with van der Waals surface area (Å²) in [5, 5.41) is 0. The summed E-state index contributed by atoms with van der Waals surface area (Å²) in [6.07, 6.45) is 0.143. The van der Waals surface area contributed by atoms with Gasteiger partial charge in [-0.15, -0.1) is 0 Å². The van der Waals surface area contributed by atoms with Gasteiger partial charge in [0.1, 0.15) is 5.60 Å². The normalized spacial score (nSPS) is 17.9. The molecule has 0 amide bonds. The van der Waals surface area contributed by atoms with Gasteiger partial charge in [0.05, 0.1) is 12.0 Å². The average molecular weight is 291 g/mol. The summed E-state index contributed by atoms with van der Waals surface area (Å²) in [6, 6.07) is 0.938. The van der Waals surface area contributed by atoms with Crippen LogP contribution in [0, 0.1) is 11.6 Å². The van der Waals surface area contributed by atoms with Crippen LogP contribution in [-0.4, -0.2) is 11.4 Å². The molecule has 1 aliphatic rings. The molecule has 2 nitrogen and oxygen atoms in total. The van der Waals surface area contributed by atoms with Crippen molar-refractivity contribution >= 4 is 21.7 Å². The third-order valence-electron chi connectivity index (χ3n) is 2.37. The van der Waals surface area contributed by atoms with Crippen LogP contribution < -0.4 is 4.74 Å². The maximum Gasteiger partial charge on any atom is 0.201 e. The molecule has 0 aromatic heterocycles. The van der Waals surface area contributed by atoms with Gasteiger partial charge in [-0.3, -0.25) is 4.79 Å². The van der Waals surface area contributed by atoms with Gasteiger partial charge in [-0.1, -0.05) is 0 Å². The summed E-state index contributed by atoms with van der Waals surface area (Å²) in [5.74, 6) is -2.69. The number of hydrogen-bond donors (Lipinski definition) is 0. The van der Waals surface area contributed by atoms with Crippen LogP contribution >= 0.6 is 15.9 Å². The topological polar surface area (TPSA) is 26.3 Å². The van der Waals surface area contributed by atoms with E-state index in [9.17, 15) is 13.6 Å². The largest absolute Gasteiger partial charge is 0.483 e. The lowest BCUT2D eigenvalue weighted by atomic mass is 9.93. The molecule has 0 saturated carbocycles. The summed E-state index contributed by atoms with van der Waals surface area (Å²) in [7, 11) is 0. The van der Waals surface area contributed by atoms with E-state index in [0.29, 0.717) is 0 Å². The fourth-order valence-corrected chi connectivity index (χ4v) is 2.32. The highest BCUT2D eigenvalue weighted by Crippen LogP contribution is 2.40. The van der Waals surface area contributed by atoms with E-state index in [0.717, 1.165) is 6.07 Å². The summed E-state index contributed by atoms with van der Waals surface area (Å²) < 4.78 is 32.2. The van der Waals surface area contributed by atoms with Crippen LogP contribution in [0.2, 0.25) is 0 Å². The van der Waals surface area contributed by atoms with Gasteiger partial charge >= 0.3 is 0 Å². The molecule has 0 spiro atoms. The van der Waals surface area contributed by atoms with Gasteiger partial charge in [0.15, 0.2) is 17.3 Å². The molecule has 1 aliphatic heterocycles. The lowest BCUT2D eigenvalue weighted by Crippen LogP contribution is -2.36. The second kappa shape index (κ2) is 3.52. The van der Waals surface area contributed by atoms with E-state index >= 15 is 0 Å². The second-order valence-electron chi connectivity index (χ2n) is 4.32. The number of rotatable bonds is 0. The van der Waals surface area contributed by atoms with Crippen LogP contribution in [0.15, 0.2) is 10.5 Å². The number of carbonyl (C=O) groups excluding carboxylic acids is 1. The quantitative estimate of drug-likeness (QED) is 0.684. The van der Waals surface area contributed by atoms with Crippen LogP contribution in [0.5, 0.6) is 5.75 Å². The summed E-state index contributed by atoms with van der Waals surface area (Å²) in [5.41, 5.74) is -0.726. The molecule has 1 aromatic rings. The van der Waals surface area contributed by atoms with Gasteiger partial charge in [0, 0.05) is 4.47 Å². The van der Waals surface area contributed by atoms with Crippen molar-refractivity contribution in [1.29, 1.82) is 0 Å². The Bertz CT molecular complexity index is 483. The Kier molecular flexibility index (Phi) is 2.53. The summed E-state index contributed by atoms with van der Waals surface area (Å²) >= 11 is 3.04. The van der Waals surface area contributed by atoms with E-state index in [4.69, 9.17) is 4.74 Å². The Morgan fingerprint density at radius 1 is 1.44 bits per heavy atom. The van der Waals surface area contributed by atoms with Crippen molar-refractivity contribution in [2.45, 2.75) is 25.9 Å². The SMILES string of the molecule is CC1(C)CC(=O)c2c(Br)cc(F)c(F)c2O1. The Morgan fingerprint density at radius 3 is 2.69 bits per heavy atom. The molecule has 0 unspecified atom stereocenters. The molecule has 2 rings (SSSR count). The minimum Gasteiger partial charge on any atom is -0.483 e. The first kappa shape index (κ1) is 11.5. The first-order valence-electron chi connectivity index (χ1n) is 4.71. The molecule has 86 valence electrons. The minimum atomic E-state index is -1.11. The molecule has 1 heterocycles. The maximum absolute atomic E-state index is 13.5. The Labute approximate surface area is 99.7 Å². The predicted octanol–water partition coefficient (Wildman–Crippen LogP) is 3.47. The maximum atomic E-state index is 13.5. The van der Waals surface area contributed by atoms with E-state index in [1.54, 1.807) is 13.8 Å².